The van der Waals surface area contributed by atoms with Crippen molar-refractivity contribution in [3.63, 3.8) is 0 Å². The van der Waals surface area contributed by atoms with E-state index in [9.17, 15) is 0 Å². The van der Waals surface area contributed by atoms with Crippen molar-refractivity contribution in [2.75, 3.05) is 19.1 Å². The van der Waals surface area contributed by atoms with Crippen molar-refractivity contribution < 1.29 is 9.47 Å². The number of ether oxygens (including phenoxy) is 2. The summed E-state index contributed by atoms with van der Waals surface area (Å²) in [5, 5.41) is 4.25. The van der Waals surface area contributed by atoms with E-state index in [1.54, 1.807) is 13.3 Å². The zero-order chi connectivity index (χ0) is 15.9. The monoisotopic (exact) mass is 426 g/mol. The van der Waals surface area contributed by atoms with Crippen molar-refractivity contribution in [1.29, 1.82) is 0 Å². The van der Waals surface area contributed by atoms with Crippen LogP contribution in [-0.4, -0.2) is 19.9 Å². The summed E-state index contributed by atoms with van der Waals surface area (Å²) >= 11 is 7.06. The Morgan fingerprint density at radius 3 is 2.55 bits per heavy atom. The van der Waals surface area contributed by atoms with Gasteiger partial charge in [-0.3, -0.25) is 5.43 Å². The van der Waals surface area contributed by atoms with Gasteiger partial charge in [0.05, 0.1) is 30.1 Å². The predicted molar refractivity (Wildman–Crippen MR) is 97.2 cm³/mol. The summed E-state index contributed by atoms with van der Waals surface area (Å²) in [6.07, 6.45) is 1.73. The Bertz CT molecular complexity index is 661. The zero-order valence-corrected chi connectivity index (χ0v) is 15.4. The van der Waals surface area contributed by atoms with Crippen LogP contribution in [0.1, 0.15) is 12.5 Å². The molecule has 0 saturated carbocycles. The highest BCUT2D eigenvalue weighted by Gasteiger charge is 2.15. The Morgan fingerprint density at radius 2 is 1.91 bits per heavy atom. The van der Waals surface area contributed by atoms with Crippen LogP contribution in [0, 0.1) is 0 Å². The van der Waals surface area contributed by atoms with Crippen molar-refractivity contribution >= 4 is 43.8 Å². The van der Waals surface area contributed by atoms with Crippen LogP contribution in [0.3, 0.4) is 0 Å². The summed E-state index contributed by atoms with van der Waals surface area (Å²) in [5.41, 5.74) is 4.78. The molecule has 0 aromatic heterocycles. The molecular weight excluding hydrogens is 412 g/mol. The number of hydrogen-bond acceptors (Lipinski definition) is 4. The van der Waals surface area contributed by atoms with Crippen LogP contribution in [-0.2, 0) is 0 Å². The SMILES string of the molecule is CCOc1cc(C=NNc2ccccc2)c(Br)c(Br)c1OC. The van der Waals surface area contributed by atoms with Crippen molar-refractivity contribution in [2.24, 2.45) is 5.10 Å². The Hall–Kier alpha value is -1.53. The number of methoxy groups -OCH3 is 1. The smallest absolute Gasteiger partial charge is 0.176 e. The average Bonchev–Trinajstić information content (AvgIpc) is 2.53. The first kappa shape index (κ1) is 16.8. The standard InChI is InChI=1S/C16H16Br2N2O2/c1-3-22-13-9-11(14(17)15(18)16(13)21-2)10-19-20-12-7-5-4-6-8-12/h4-10,20H,3H2,1-2H3. The molecule has 0 atom stereocenters. The lowest BCUT2D eigenvalue weighted by atomic mass is 10.2. The number of para-hydroxylation sites is 1. The van der Waals surface area contributed by atoms with Crippen LogP contribution in [0.2, 0.25) is 0 Å². The van der Waals surface area contributed by atoms with Crippen LogP contribution in [0.4, 0.5) is 5.69 Å². The van der Waals surface area contributed by atoms with Gasteiger partial charge in [-0.25, -0.2) is 0 Å². The quantitative estimate of drug-likeness (QED) is 0.517. The molecule has 0 heterocycles. The van der Waals surface area contributed by atoms with Gasteiger partial charge in [-0.1, -0.05) is 18.2 Å². The molecule has 2 aromatic carbocycles. The van der Waals surface area contributed by atoms with E-state index in [1.807, 2.05) is 43.3 Å². The molecule has 4 nitrogen and oxygen atoms in total. The molecular formula is C16H16Br2N2O2. The first-order valence-corrected chi connectivity index (χ1v) is 8.28. The first-order valence-electron chi connectivity index (χ1n) is 6.70. The van der Waals surface area contributed by atoms with Gasteiger partial charge in [-0.15, -0.1) is 0 Å². The second-order valence-electron chi connectivity index (χ2n) is 4.29. The molecule has 2 rings (SSSR count). The Balaban J connectivity index is 2.26. The Morgan fingerprint density at radius 1 is 1.18 bits per heavy atom. The number of hydrazone groups is 1. The Labute approximate surface area is 146 Å². The molecule has 0 aliphatic carbocycles. The minimum absolute atomic E-state index is 0.559. The lowest BCUT2D eigenvalue weighted by molar-refractivity contribution is 0.309. The van der Waals surface area contributed by atoms with Crippen molar-refractivity contribution in [2.45, 2.75) is 6.92 Å². The molecule has 1 N–H and O–H groups in total. The third-order valence-electron chi connectivity index (χ3n) is 2.83. The highest BCUT2D eigenvalue weighted by molar-refractivity contribution is 9.13. The molecule has 6 heteroatoms. The summed E-state index contributed by atoms with van der Waals surface area (Å²) in [5.74, 6) is 1.32. The Kier molecular flexibility index (Phi) is 6.27. The molecule has 0 saturated heterocycles. The summed E-state index contributed by atoms with van der Waals surface area (Å²) in [7, 11) is 1.61. The molecule has 22 heavy (non-hydrogen) atoms. The fourth-order valence-corrected chi connectivity index (χ4v) is 2.82. The molecule has 116 valence electrons. The van der Waals surface area contributed by atoms with E-state index in [1.165, 1.54) is 0 Å². The minimum atomic E-state index is 0.559. The van der Waals surface area contributed by atoms with E-state index in [0.717, 1.165) is 20.2 Å². The van der Waals surface area contributed by atoms with Gasteiger partial charge in [0, 0.05) is 10.0 Å². The summed E-state index contributed by atoms with van der Waals surface area (Å²) in [6, 6.07) is 11.6. The number of nitrogens with one attached hydrogen (secondary N) is 1. The van der Waals surface area contributed by atoms with Gasteiger partial charge in [0.1, 0.15) is 0 Å². The normalized spacial score (nSPS) is 10.7. The summed E-state index contributed by atoms with van der Waals surface area (Å²) in [6.45, 7) is 2.49. The maximum Gasteiger partial charge on any atom is 0.176 e. The van der Waals surface area contributed by atoms with Gasteiger partial charge in [-0.2, -0.15) is 5.10 Å². The third kappa shape index (κ3) is 4.01. The molecule has 0 aliphatic rings. The fraction of sp³-hybridized carbons (Fsp3) is 0.188. The van der Waals surface area contributed by atoms with Crippen LogP contribution < -0.4 is 14.9 Å². The average molecular weight is 428 g/mol. The van der Waals surface area contributed by atoms with E-state index in [0.29, 0.717) is 18.1 Å². The molecule has 0 aliphatic heterocycles. The van der Waals surface area contributed by atoms with Gasteiger partial charge in [0.2, 0.25) is 0 Å². The largest absolute Gasteiger partial charge is 0.492 e. The molecule has 2 aromatic rings. The van der Waals surface area contributed by atoms with Crippen LogP contribution >= 0.6 is 31.9 Å². The number of nitrogens with zero attached hydrogens (tertiary/aromatic N) is 1. The van der Waals surface area contributed by atoms with E-state index in [4.69, 9.17) is 9.47 Å². The zero-order valence-electron chi connectivity index (χ0n) is 12.3. The van der Waals surface area contributed by atoms with Gasteiger partial charge >= 0.3 is 0 Å². The molecule has 0 fully saturated rings. The van der Waals surface area contributed by atoms with Gasteiger partial charge in [0.15, 0.2) is 11.5 Å². The van der Waals surface area contributed by atoms with Crippen molar-refractivity contribution in [1.82, 2.24) is 0 Å². The lowest BCUT2D eigenvalue weighted by Gasteiger charge is -2.14. The number of halogens is 2. The molecule has 0 bridgehead atoms. The molecule has 0 radical (unpaired) electrons. The van der Waals surface area contributed by atoms with Gasteiger partial charge in [-0.05, 0) is 57.0 Å². The maximum absolute atomic E-state index is 5.61. The van der Waals surface area contributed by atoms with Crippen molar-refractivity contribution in [3.05, 3.63) is 50.9 Å². The van der Waals surface area contributed by atoms with Crippen LogP contribution in [0.5, 0.6) is 11.5 Å². The second-order valence-corrected chi connectivity index (χ2v) is 5.88. The maximum atomic E-state index is 5.61. The topological polar surface area (TPSA) is 42.8 Å². The number of anilines is 1. The second kappa shape index (κ2) is 8.19. The van der Waals surface area contributed by atoms with E-state index >= 15 is 0 Å². The third-order valence-corrected chi connectivity index (χ3v) is 4.97. The highest BCUT2D eigenvalue weighted by atomic mass is 79.9. The number of rotatable bonds is 6. The first-order chi connectivity index (χ1) is 10.7. The molecule has 0 spiro atoms. The van der Waals surface area contributed by atoms with E-state index in [-0.39, 0.29) is 0 Å². The van der Waals surface area contributed by atoms with E-state index in [2.05, 4.69) is 42.4 Å². The van der Waals surface area contributed by atoms with Crippen LogP contribution in [0.15, 0.2) is 50.4 Å². The van der Waals surface area contributed by atoms with Gasteiger partial charge in [0.25, 0.3) is 0 Å². The fourth-order valence-electron chi connectivity index (χ4n) is 1.84. The number of benzene rings is 2. The molecule has 0 unspecified atom stereocenters. The highest BCUT2D eigenvalue weighted by Crippen LogP contribution is 2.42. The predicted octanol–water partition coefficient (Wildman–Crippen LogP) is 5.06. The van der Waals surface area contributed by atoms with Crippen LogP contribution in [0.25, 0.3) is 0 Å². The van der Waals surface area contributed by atoms with Crippen molar-refractivity contribution in [3.8, 4) is 11.5 Å². The van der Waals surface area contributed by atoms with E-state index < -0.39 is 0 Å². The lowest BCUT2D eigenvalue weighted by Crippen LogP contribution is -1.99. The summed E-state index contributed by atoms with van der Waals surface area (Å²) in [4.78, 5) is 0. The number of hydrogen-bond donors (Lipinski definition) is 1. The minimum Gasteiger partial charge on any atom is -0.492 e. The van der Waals surface area contributed by atoms with Gasteiger partial charge < -0.3 is 9.47 Å². The molecule has 0 amide bonds. The summed E-state index contributed by atoms with van der Waals surface area (Å²) < 4.78 is 12.6.